The minimum Gasteiger partial charge on any atom is -0.192 e. The number of aromatic nitrogens is 1. The summed E-state index contributed by atoms with van der Waals surface area (Å²) in [6.45, 7) is 10.0. The first-order chi connectivity index (χ1) is 15.5. The monoisotopic (exact) mass is 426 g/mol. The quantitative estimate of drug-likeness (QED) is 0.429. The van der Waals surface area contributed by atoms with Gasteiger partial charge in [0.05, 0.1) is 11.0 Å². The lowest BCUT2D eigenvalue weighted by atomic mass is 9.57. The van der Waals surface area contributed by atoms with Crippen molar-refractivity contribution >= 4 is 0 Å². The second-order valence-electron chi connectivity index (χ2n) is 12.4. The van der Waals surface area contributed by atoms with Crippen LogP contribution in [0.4, 0.5) is 0 Å². The highest BCUT2D eigenvalue weighted by atomic mass is 15.1. The fourth-order valence-electron chi connectivity index (χ4n) is 9.02. The molecule has 0 N–H and O–H groups in total. The van der Waals surface area contributed by atoms with E-state index in [1.807, 2.05) is 0 Å². The second-order valence-corrected chi connectivity index (χ2v) is 12.4. The molecule has 4 bridgehead atoms. The number of pyridine rings is 1. The molecular formula is C31H40N+. The van der Waals surface area contributed by atoms with Gasteiger partial charge >= 0.3 is 0 Å². The molecule has 168 valence electrons. The third-order valence-electron chi connectivity index (χ3n) is 11.6. The van der Waals surface area contributed by atoms with E-state index in [0.29, 0.717) is 0 Å². The Hall–Kier alpha value is -1.63. The Morgan fingerprint density at radius 2 is 1.19 bits per heavy atom. The van der Waals surface area contributed by atoms with Crippen molar-refractivity contribution in [2.45, 2.75) is 127 Å². The van der Waals surface area contributed by atoms with Gasteiger partial charge in [-0.05, 0) is 117 Å². The van der Waals surface area contributed by atoms with Crippen molar-refractivity contribution in [2.75, 3.05) is 0 Å². The molecule has 9 rings (SSSR count). The van der Waals surface area contributed by atoms with Gasteiger partial charge in [0, 0.05) is 25.0 Å². The van der Waals surface area contributed by atoms with Crippen molar-refractivity contribution in [1.82, 2.24) is 0 Å². The van der Waals surface area contributed by atoms with Gasteiger partial charge in [0.15, 0.2) is 11.7 Å². The summed E-state index contributed by atoms with van der Waals surface area (Å²) >= 11 is 0. The molecule has 0 saturated heterocycles. The van der Waals surface area contributed by atoms with Crippen LogP contribution in [-0.2, 0) is 11.0 Å². The standard InChI is InChI=1S/C31H40N/c1-5-30(3)28-16-24-20-9-7-19(8-10-20)23(24)15-26(28)29-17-25-21-11-13-22(14-12-21)27(25)18-32(29)31(30,4)6-2/h15-22H,5-14H2,1-4H3/q+1. The van der Waals surface area contributed by atoms with Crippen LogP contribution in [0.2, 0.25) is 0 Å². The van der Waals surface area contributed by atoms with Crippen LogP contribution >= 0.6 is 0 Å². The lowest BCUT2D eigenvalue weighted by molar-refractivity contribution is -0.765. The summed E-state index contributed by atoms with van der Waals surface area (Å²) in [7, 11) is 0. The topological polar surface area (TPSA) is 3.88 Å². The molecule has 7 aliphatic rings. The molecule has 2 fully saturated rings. The Kier molecular flexibility index (Phi) is 4.01. The number of rotatable bonds is 2. The van der Waals surface area contributed by atoms with Crippen LogP contribution < -0.4 is 4.57 Å². The number of fused-ring (bicyclic) bond motifs is 7. The van der Waals surface area contributed by atoms with Crippen molar-refractivity contribution in [2.24, 2.45) is 0 Å². The lowest BCUT2D eigenvalue weighted by Crippen LogP contribution is -2.68. The first kappa shape index (κ1) is 19.8. The van der Waals surface area contributed by atoms with Crippen molar-refractivity contribution in [3.63, 3.8) is 0 Å². The molecule has 6 aliphatic carbocycles. The molecule has 1 aromatic carbocycles. The third kappa shape index (κ3) is 2.24. The van der Waals surface area contributed by atoms with Crippen LogP contribution in [0.25, 0.3) is 11.3 Å². The van der Waals surface area contributed by atoms with Crippen LogP contribution in [0.3, 0.4) is 0 Å². The summed E-state index contributed by atoms with van der Waals surface area (Å²) in [5, 5.41) is 0. The maximum atomic E-state index is 2.78. The number of benzene rings is 1. The van der Waals surface area contributed by atoms with Gasteiger partial charge in [0.1, 0.15) is 0 Å². The predicted molar refractivity (Wildman–Crippen MR) is 132 cm³/mol. The average molecular weight is 427 g/mol. The average Bonchev–Trinajstić information content (AvgIpc) is 2.87. The molecule has 2 unspecified atom stereocenters. The Balaban J connectivity index is 1.55. The zero-order valence-electron chi connectivity index (χ0n) is 20.6. The molecule has 1 nitrogen and oxygen atoms in total. The zero-order valence-corrected chi connectivity index (χ0v) is 20.6. The van der Waals surface area contributed by atoms with Gasteiger partial charge < -0.3 is 0 Å². The van der Waals surface area contributed by atoms with E-state index in [-0.39, 0.29) is 11.0 Å². The molecule has 1 heteroatoms. The summed E-state index contributed by atoms with van der Waals surface area (Å²) in [6, 6.07) is 8.11. The van der Waals surface area contributed by atoms with Crippen LogP contribution in [0.1, 0.15) is 143 Å². The minimum atomic E-state index is 0.123. The van der Waals surface area contributed by atoms with Crippen molar-refractivity contribution in [3.8, 4) is 11.3 Å². The maximum absolute atomic E-state index is 2.78. The van der Waals surface area contributed by atoms with E-state index in [4.69, 9.17) is 0 Å². The van der Waals surface area contributed by atoms with Crippen LogP contribution in [0.15, 0.2) is 24.4 Å². The lowest BCUT2D eigenvalue weighted by Gasteiger charge is -2.49. The zero-order chi connectivity index (χ0) is 21.8. The molecule has 1 aliphatic heterocycles. The highest BCUT2D eigenvalue weighted by Gasteiger charge is 2.57. The molecule has 2 heterocycles. The molecule has 1 aromatic heterocycles. The largest absolute Gasteiger partial charge is 0.213 e. The van der Waals surface area contributed by atoms with E-state index in [2.05, 4.69) is 56.7 Å². The SMILES string of the molecule is CCC1(C)c2cc3c(cc2-c2cc4c(c[n+]2C1(C)CC)C1CCC4CC1)C1CCC3CC1. The Morgan fingerprint density at radius 3 is 1.72 bits per heavy atom. The summed E-state index contributed by atoms with van der Waals surface area (Å²) in [4.78, 5) is 0. The van der Waals surface area contributed by atoms with Gasteiger partial charge in [0.25, 0.3) is 0 Å². The number of nitrogens with zero attached hydrogens (tertiary/aromatic N) is 1. The van der Waals surface area contributed by atoms with Crippen molar-refractivity contribution in [1.29, 1.82) is 0 Å². The number of hydrogen-bond acceptors (Lipinski definition) is 0. The fourth-order valence-corrected chi connectivity index (χ4v) is 9.02. The van der Waals surface area contributed by atoms with E-state index >= 15 is 0 Å². The van der Waals surface area contributed by atoms with E-state index in [1.54, 1.807) is 33.4 Å². The van der Waals surface area contributed by atoms with Gasteiger partial charge in [-0.25, -0.2) is 0 Å². The number of hydrogen-bond donors (Lipinski definition) is 0. The van der Waals surface area contributed by atoms with E-state index < -0.39 is 0 Å². The first-order valence-electron chi connectivity index (χ1n) is 13.8. The van der Waals surface area contributed by atoms with Crippen LogP contribution in [0, 0.1) is 0 Å². The van der Waals surface area contributed by atoms with E-state index in [0.717, 1.165) is 23.7 Å². The molecule has 2 saturated carbocycles. The van der Waals surface area contributed by atoms with Crippen LogP contribution in [0.5, 0.6) is 0 Å². The fraction of sp³-hybridized carbons (Fsp3) is 0.645. The molecule has 0 amide bonds. The molecule has 32 heavy (non-hydrogen) atoms. The van der Waals surface area contributed by atoms with E-state index in [1.165, 1.54) is 69.9 Å². The molecule has 0 spiro atoms. The Bertz CT molecular complexity index is 1020. The van der Waals surface area contributed by atoms with Gasteiger partial charge in [-0.2, -0.15) is 4.57 Å². The van der Waals surface area contributed by atoms with Crippen LogP contribution in [-0.4, -0.2) is 0 Å². The third-order valence-corrected chi connectivity index (χ3v) is 11.6. The summed E-state index contributed by atoms with van der Waals surface area (Å²) in [6.07, 6.45) is 16.4. The van der Waals surface area contributed by atoms with E-state index in [9.17, 15) is 0 Å². The molecule has 0 radical (unpaired) electrons. The normalized spacial score (nSPS) is 38.1. The van der Waals surface area contributed by atoms with Crippen molar-refractivity contribution < 1.29 is 4.57 Å². The molecule has 2 aromatic rings. The highest BCUT2D eigenvalue weighted by Crippen LogP contribution is 2.57. The Labute approximate surface area is 194 Å². The summed E-state index contributed by atoms with van der Waals surface area (Å²) in [5.74, 6) is 3.25. The van der Waals surface area contributed by atoms with Gasteiger partial charge in [0.2, 0.25) is 5.69 Å². The summed E-state index contributed by atoms with van der Waals surface area (Å²) in [5.41, 5.74) is 11.9. The summed E-state index contributed by atoms with van der Waals surface area (Å²) < 4.78 is 2.78. The Morgan fingerprint density at radius 1 is 0.688 bits per heavy atom. The highest BCUT2D eigenvalue weighted by molar-refractivity contribution is 5.70. The first-order valence-corrected chi connectivity index (χ1v) is 13.8. The predicted octanol–water partition coefficient (Wildman–Crippen LogP) is 7.96. The smallest absolute Gasteiger partial charge is 0.192 e. The van der Waals surface area contributed by atoms with Gasteiger partial charge in [-0.15, -0.1) is 0 Å². The maximum Gasteiger partial charge on any atom is 0.213 e. The second kappa shape index (κ2) is 6.49. The van der Waals surface area contributed by atoms with Gasteiger partial charge in [-0.3, -0.25) is 0 Å². The molecule has 2 atom stereocenters. The minimum absolute atomic E-state index is 0.123. The molecular weight excluding hydrogens is 386 g/mol. The van der Waals surface area contributed by atoms with Gasteiger partial charge in [-0.1, -0.05) is 19.9 Å². The van der Waals surface area contributed by atoms with Crippen molar-refractivity contribution in [3.05, 3.63) is 52.2 Å².